The number of hydrogen-bond donors (Lipinski definition) is 1. The highest BCUT2D eigenvalue weighted by Gasteiger charge is 2.34. The first-order valence-corrected chi connectivity index (χ1v) is 5.65. The van der Waals surface area contributed by atoms with Crippen LogP contribution in [0.4, 0.5) is 0 Å². The summed E-state index contributed by atoms with van der Waals surface area (Å²) in [6, 6.07) is 3.50. The Morgan fingerprint density at radius 1 is 1.41 bits per heavy atom. The van der Waals surface area contributed by atoms with E-state index in [4.69, 9.17) is 4.42 Å². The normalized spacial score (nSPS) is 20.8. The maximum atomic E-state index is 11.8. The zero-order valence-corrected chi connectivity index (χ0v) is 9.60. The van der Waals surface area contributed by atoms with Gasteiger partial charge in [0.1, 0.15) is 11.5 Å². The number of rotatable bonds is 2. The molecule has 0 aliphatic heterocycles. The van der Waals surface area contributed by atoms with Gasteiger partial charge in [0.25, 0.3) is 0 Å². The summed E-state index contributed by atoms with van der Waals surface area (Å²) >= 11 is 0. The van der Waals surface area contributed by atoms with Crippen LogP contribution in [0.5, 0.6) is 0 Å². The Balaban J connectivity index is 2.25. The average Bonchev–Trinajstić information content (AvgIpc) is 2.81. The van der Waals surface area contributed by atoms with Crippen molar-refractivity contribution in [3.63, 3.8) is 0 Å². The SMILES string of the molecule is CCC(O)=C1C(=O)CC(c2ccco2)CC1=O. The van der Waals surface area contributed by atoms with Gasteiger partial charge in [0.15, 0.2) is 11.6 Å². The van der Waals surface area contributed by atoms with Crippen LogP contribution >= 0.6 is 0 Å². The van der Waals surface area contributed by atoms with Crippen molar-refractivity contribution in [1.82, 2.24) is 0 Å². The van der Waals surface area contributed by atoms with Crippen molar-refractivity contribution in [2.24, 2.45) is 0 Å². The van der Waals surface area contributed by atoms with Crippen LogP contribution in [0.25, 0.3) is 0 Å². The maximum Gasteiger partial charge on any atom is 0.170 e. The molecular formula is C13H14O4. The van der Waals surface area contributed by atoms with Crippen LogP contribution in [0.1, 0.15) is 37.9 Å². The zero-order valence-electron chi connectivity index (χ0n) is 9.60. The maximum absolute atomic E-state index is 11.8. The summed E-state index contributed by atoms with van der Waals surface area (Å²) in [5.74, 6) is -0.220. The van der Waals surface area contributed by atoms with Crippen LogP contribution < -0.4 is 0 Å². The van der Waals surface area contributed by atoms with E-state index < -0.39 is 0 Å². The number of furan rings is 1. The van der Waals surface area contributed by atoms with E-state index in [1.807, 2.05) is 0 Å². The predicted octanol–water partition coefficient (Wildman–Crippen LogP) is 2.52. The molecule has 2 rings (SSSR count). The Kier molecular flexibility index (Phi) is 3.13. The molecule has 0 unspecified atom stereocenters. The van der Waals surface area contributed by atoms with Gasteiger partial charge in [-0.1, -0.05) is 6.92 Å². The molecule has 4 heteroatoms. The Bertz CT molecular complexity index is 448. The molecule has 1 heterocycles. The van der Waals surface area contributed by atoms with Gasteiger partial charge in [0.2, 0.25) is 0 Å². The third-order valence-corrected chi connectivity index (χ3v) is 2.99. The van der Waals surface area contributed by atoms with E-state index in [2.05, 4.69) is 0 Å². The highest BCUT2D eigenvalue weighted by Crippen LogP contribution is 2.32. The molecule has 1 N–H and O–H groups in total. The minimum atomic E-state index is -0.290. The fraction of sp³-hybridized carbons (Fsp3) is 0.385. The molecule has 0 amide bonds. The molecule has 0 aromatic carbocycles. The highest BCUT2D eigenvalue weighted by molar-refractivity contribution is 6.22. The quantitative estimate of drug-likeness (QED) is 0.485. The smallest absolute Gasteiger partial charge is 0.170 e. The molecule has 0 radical (unpaired) electrons. The molecule has 1 aromatic heterocycles. The van der Waals surface area contributed by atoms with E-state index in [1.165, 1.54) is 6.26 Å². The van der Waals surface area contributed by atoms with Crippen LogP contribution in [0.3, 0.4) is 0 Å². The number of carbonyl (C=O) groups is 2. The van der Waals surface area contributed by atoms with Crippen LogP contribution in [0.2, 0.25) is 0 Å². The van der Waals surface area contributed by atoms with Gasteiger partial charge >= 0.3 is 0 Å². The summed E-state index contributed by atoms with van der Waals surface area (Å²) in [4.78, 5) is 23.7. The van der Waals surface area contributed by atoms with Gasteiger partial charge in [-0.25, -0.2) is 0 Å². The summed E-state index contributed by atoms with van der Waals surface area (Å²) in [6.07, 6.45) is 2.27. The van der Waals surface area contributed by atoms with Crippen molar-refractivity contribution in [3.05, 3.63) is 35.5 Å². The summed E-state index contributed by atoms with van der Waals surface area (Å²) in [6.45, 7) is 1.71. The summed E-state index contributed by atoms with van der Waals surface area (Å²) in [5.41, 5.74) is -0.0182. The molecule has 1 aromatic rings. The number of Topliss-reactive ketones (excluding diaryl/α,β-unsaturated/α-hetero) is 2. The Hall–Kier alpha value is -1.84. The summed E-state index contributed by atoms with van der Waals surface area (Å²) in [5, 5.41) is 9.55. The number of hydrogen-bond acceptors (Lipinski definition) is 4. The van der Waals surface area contributed by atoms with Crippen molar-refractivity contribution in [3.8, 4) is 0 Å². The van der Waals surface area contributed by atoms with Crippen LogP contribution in [-0.2, 0) is 9.59 Å². The van der Waals surface area contributed by atoms with Crippen LogP contribution in [0, 0.1) is 0 Å². The number of ketones is 2. The molecule has 17 heavy (non-hydrogen) atoms. The Labute approximate surface area is 98.9 Å². The van der Waals surface area contributed by atoms with Gasteiger partial charge in [-0.05, 0) is 12.1 Å². The second kappa shape index (κ2) is 4.57. The predicted molar refractivity (Wildman–Crippen MR) is 60.6 cm³/mol. The average molecular weight is 234 g/mol. The van der Waals surface area contributed by atoms with Crippen molar-refractivity contribution < 1.29 is 19.1 Å². The molecule has 0 saturated heterocycles. The second-order valence-corrected chi connectivity index (χ2v) is 4.14. The van der Waals surface area contributed by atoms with Gasteiger partial charge in [0.05, 0.1) is 11.8 Å². The molecule has 4 nitrogen and oxygen atoms in total. The van der Waals surface area contributed by atoms with E-state index in [0.717, 1.165) is 0 Å². The van der Waals surface area contributed by atoms with E-state index in [9.17, 15) is 14.7 Å². The van der Waals surface area contributed by atoms with Gasteiger partial charge in [-0.15, -0.1) is 0 Å². The fourth-order valence-corrected chi connectivity index (χ4v) is 2.10. The topological polar surface area (TPSA) is 67.5 Å². The van der Waals surface area contributed by atoms with E-state index in [0.29, 0.717) is 12.2 Å². The lowest BCUT2D eigenvalue weighted by Crippen LogP contribution is -2.26. The largest absolute Gasteiger partial charge is 0.511 e. The van der Waals surface area contributed by atoms with Crippen LogP contribution in [0.15, 0.2) is 34.1 Å². The minimum absolute atomic E-state index is 0.0182. The minimum Gasteiger partial charge on any atom is -0.511 e. The number of allylic oxidation sites excluding steroid dienone is 2. The summed E-state index contributed by atoms with van der Waals surface area (Å²) < 4.78 is 5.21. The van der Waals surface area contributed by atoms with Gasteiger partial charge in [-0.2, -0.15) is 0 Å². The molecule has 90 valence electrons. The van der Waals surface area contributed by atoms with E-state index >= 15 is 0 Å². The molecule has 1 aliphatic rings. The fourth-order valence-electron chi connectivity index (χ4n) is 2.10. The molecule has 0 bridgehead atoms. The van der Waals surface area contributed by atoms with Crippen molar-refractivity contribution in [1.29, 1.82) is 0 Å². The molecular weight excluding hydrogens is 220 g/mol. The monoisotopic (exact) mass is 234 g/mol. The van der Waals surface area contributed by atoms with Crippen molar-refractivity contribution in [2.45, 2.75) is 32.1 Å². The zero-order chi connectivity index (χ0) is 12.4. The van der Waals surface area contributed by atoms with E-state index in [-0.39, 0.29) is 41.7 Å². The third-order valence-electron chi connectivity index (χ3n) is 2.99. The lowest BCUT2D eigenvalue weighted by molar-refractivity contribution is -0.124. The molecule has 1 saturated carbocycles. The first kappa shape index (κ1) is 11.6. The first-order chi connectivity index (χ1) is 8.13. The Morgan fingerprint density at radius 2 is 2.06 bits per heavy atom. The van der Waals surface area contributed by atoms with E-state index in [1.54, 1.807) is 19.1 Å². The lowest BCUT2D eigenvalue weighted by atomic mass is 9.82. The Morgan fingerprint density at radius 3 is 2.53 bits per heavy atom. The van der Waals surface area contributed by atoms with Crippen LogP contribution in [-0.4, -0.2) is 16.7 Å². The lowest BCUT2D eigenvalue weighted by Gasteiger charge is -2.20. The molecule has 0 spiro atoms. The molecule has 0 atom stereocenters. The van der Waals surface area contributed by atoms with Crippen molar-refractivity contribution >= 4 is 11.6 Å². The summed E-state index contributed by atoms with van der Waals surface area (Å²) in [7, 11) is 0. The van der Waals surface area contributed by atoms with Gasteiger partial charge in [-0.3, -0.25) is 9.59 Å². The second-order valence-electron chi connectivity index (χ2n) is 4.14. The third kappa shape index (κ3) is 2.16. The molecule has 1 fully saturated rings. The standard InChI is InChI=1S/C13H14O4/c1-2-9(14)13-10(15)6-8(7-11(13)16)12-4-3-5-17-12/h3-5,8,14H,2,6-7H2,1H3. The number of aliphatic hydroxyl groups excluding tert-OH is 1. The highest BCUT2D eigenvalue weighted by atomic mass is 16.3. The van der Waals surface area contributed by atoms with Crippen molar-refractivity contribution in [2.75, 3.05) is 0 Å². The first-order valence-electron chi connectivity index (χ1n) is 5.65. The number of aliphatic hydroxyl groups is 1. The molecule has 1 aliphatic carbocycles. The van der Waals surface area contributed by atoms with Gasteiger partial charge < -0.3 is 9.52 Å². The number of carbonyl (C=O) groups excluding carboxylic acids is 2. The van der Waals surface area contributed by atoms with Gasteiger partial charge in [0, 0.05) is 25.2 Å².